The number of ether oxygens (including phenoxy) is 1. The molecule has 10 N–H and O–H groups in total. The Labute approximate surface area is 390 Å². The van der Waals surface area contributed by atoms with Crippen molar-refractivity contribution in [3.8, 4) is 23.7 Å². The molecule has 4 aromatic rings. The molecule has 0 radical (unpaired) electrons. The Kier molecular flexibility index (Phi) is 19.1. The third-order valence-corrected chi connectivity index (χ3v) is 11.8. The van der Waals surface area contributed by atoms with Gasteiger partial charge in [-0.05, 0) is 90.0 Å². The van der Waals surface area contributed by atoms with Crippen LogP contribution in [0.3, 0.4) is 0 Å². The lowest BCUT2D eigenvalue weighted by Crippen LogP contribution is -2.44. The Morgan fingerprint density at radius 1 is 0.682 bits per heavy atom. The number of aromatic nitrogens is 6. The highest BCUT2D eigenvalue weighted by molar-refractivity contribution is 5.80. The van der Waals surface area contributed by atoms with Gasteiger partial charge in [0.1, 0.15) is 23.3 Å². The van der Waals surface area contributed by atoms with Gasteiger partial charge in [-0.15, -0.1) is 0 Å². The van der Waals surface area contributed by atoms with Crippen molar-refractivity contribution in [2.45, 2.75) is 111 Å². The highest BCUT2D eigenvalue weighted by Crippen LogP contribution is 2.29. The second kappa shape index (κ2) is 25.1. The molecule has 17 heteroatoms. The molecular weight excluding hydrogens is 833 g/mol. The lowest BCUT2D eigenvalue weighted by Gasteiger charge is -2.34. The first-order valence-electron chi connectivity index (χ1n) is 23.2. The van der Waals surface area contributed by atoms with Gasteiger partial charge >= 0.3 is 0 Å². The Balaban J connectivity index is 0.000000239. The first kappa shape index (κ1) is 50.3. The second-order valence-electron chi connectivity index (χ2n) is 16.7. The van der Waals surface area contributed by atoms with E-state index in [2.05, 4.69) is 74.0 Å². The van der Waals surface area contributed by atoms with Crippen molar-refractivity contribution < 1.29 is 14.3 Å². The maximum atomic E-state index is 12.8. The summed E-state index contributed by atoms with van der Waals surface area (Å²) in [4.78, 5) is 55.4. The molecule has 66 heavy (non-hydrogen) atoms. The summed E-state index contributed by atoms with van der Waals surface area (Å²) in [7, 11) is 1.66. The van der Waals surface area contributed by atoms with Gasteiger partial charge in [0, 0.05) is 87.3 Å². The number of carbonyl (C=O) groups excluding carboxylic acids is 2. The fourth-order valence-electron chi connectivity index (χ4n) is 8.14. The number of anilines is 6. The van der Waals surface area contributed by atoms with Crippen LogP contribution in [0.15, 0.2) is 36.7 Å². The van der Waals surface area contributed by atoms with Gasteiger partial charge in [-0.25, -0.2) is 19.9 Å². The summed E-state index contributed by atoms with van der Waals surface area (Å²) in [5, 5.41) is 6.37. The first-order chi connectivity index (χ1) is 31.9. The summed E-state index contributed by atoms with van der Waals surface area (Å²) >= 11 is 0. The second-order valence-corrected chi connectivity index (χ2v) is 16.7. The van der Waals surface area contributed by atoms with Crippen molar-refractivity contribution in [3.63, 3.8) is 0 Å². The molecule has 0 bridgehead atoms. The van der Waals surface area contributed by atoms with E-state index in [4.69, 9.17) is 27.7 Å². The number of nitrogen functional groups attached to an aromatic ring is 4. The smallest absolute Gasteiger partial charge is 0.223 e. The van der Waals surface area contributed by atoms with Crippen LogP contribution in [-0.4, -0.2) is 93.7 Å². The zero-order valence-electron chi connectivity index (χ0n) is 39.5. The number of methoxy groups -OCH3 is 1. The number of pyridine rings is 2. The standard InChI is InChI=1S/C24H31N7O.C23H31N7O2.C2H6/c1-16-20(9-7-17-8-10-21(25)27-15-17)22(30-24(26)28-16)31-13-11-18(12-14-31)23(32)29-19-5-3-2-4-6-19;1-15(10-13-32-3)27-22(31)18-8-11-30(12-9-18)21-19(16(2)28-23(25)29-21)6-4-17-5-7-20(24)26-14-17;1-2/h8,10,15,18-19H,2-6,11-14H2,1H3,(H2,25,27)(H,29,32)(H2,26,28,30);5,7,14-15,18H,8-13H2,1-3H3,(H2,24,26)(H,27,31)(H2,25,28,29);1-2H3. The molecule has 0 aromatic carbocycles. The van der Waals surface area contributed by atoms with E-state index in [9.17, 15) is 9.59 Å². The van der Waals surface area contributed by atoms with Crippen LogP contribution in [0.25, 0.3) is 0 Å². The fraction of sp³-hybridized carbons (Fsp3) is 0.510. The van der Waals surface area contributed by atoms with Crippen molar-refractivity contribution in [1.82, 2.24) is 40.5 Å². The summed E-state index contributed by atoms with van der Waals surface area (Å²) in [6, 6.07) is 7.53. The minimum absolute atomic E-state index is 0.0214. The summed E-state index contributed by atoms with van der Waals surface area (Å²) < 4.78 is 5.09. The number of hydrogen-bond donors (Lipinski definition) is 6. The van der Waals surface area contributed by atoms with Gasteiger partial charge in [0.05, 0.1) is 22.5 Å². The summed E-state index contributed by atoms with van der Waals surface area (Å²) in [5.41, 5.74) is 27.6. The maximum Gasteiger partial charge on any atom is 0.223 e. The highest BCUT2D eigenvalue weighted by atomic mass is 16.5. The molecule has 1 unspecified atom stereocenters. The van der Waals surface area contributed by atoms with Crippen molar-refractivity contribution in [3.05, 3.63) is 70.3 Å². The van der Waals surface area contributed by atoms with Crippen molar-refractivity contribution in [1.29, 1.82) is 0 Å². The Hall–Kier alpha value is -6.72. The van der Waals surface area contributed by atoms with Crippen LogP contribution in [0, 0.1) is 49.4 Å². The normalized spacial score (nSPS) is 15.8. The van der Waals surface area contributed by atoms with Gasteiger partial charge < -0.3 is 48.1 Å². The summed E-state index contributed by atoms with van der Waals surface area (Å²) in [6.07, 6.45) is 13.1. The van der Waals surface area contributed by atoms with Gasteiger partial charge in [-0.3, -0.25) is 9.59 Å². The van der Waals surface area contributed by atoms with E-state index >= 15 is 0 Å². The molecule has 2 aliphatic heterocycles. The number of carbonyl (C=O) groups is 2. The van der Waals surface area contributed by atoms with Crippen LogP contribution in [0.1, 0.15) is 119 Å². The first-order valence-corrected chi connectivity index (χ1v) is 23.2. The van der Waals surface area contributed by atoms with Crippen LogP contribution in [-0.2, 0) is 14.3 Å². The minimum Gasteiger partial charge on any atom is -0.385 e. The predicted molar refractivity (Wildman–Crippen MR) is 262 cm³/mol. The highest BCUT2D eigenvalue weighted by Gasteiger charge is 2.30. The third kappa shape index (κ3) is 14.7. The predicted octanol–water partition coefficient (Wildman–Crippen LogP) is 4.94. The van der Waals surface area contributed by atoms with Crippen LogP contribution in [0.2, 0.25) is 0 Å². The Morgan fingerprint density at radius 3 is 1.56 bits per heavy atom. The topological polar surface area (TPSA) is 255 Å². The molecule has 17 nitrogen and oxygen atoms in total. The lowest BCUT2D eigenvalue weighted by molar-refractivity contribution is -0.127. The third-order valence-electron chi connectivity index (χ3n) is 11.8. The molecule has 3 aliphatic rings. The van der Waals surface area contributed by atoms with Crippen LogP contribution >= 0.6 is 0 Å². The van der Waals surface area contributed by atoms with E-state index in [1.54, 1.807) is 31.6 Å². The van der Waals surface area contributed by atoms with E-state index in [-0.39, 0.29) is 41.6 Å². The maximum absolute atomic E-state index is 12.8. The molecule has 1 aliphatic carbocycles. The number of amides is 2. The molecular formula is C49H68N14O3. The SMILES string of the molecule is CC.COCCC(C)NC(=O)C1CCN(c2nc(N)nc(C)c2C#Cc2ccc(N)nc2)CC1.Cc1nc(N)nc(N2CCC(C(=O)NC3CCCCC3)CC2)c1C#Cc1ccc(N)nc1. The molecule has 6 heterocycles. The molecule has 0 spiro atoms. The minimum atomic E-state index is -0.0214. The van der Waals surface area contributed by atoms with Gasteiger partial charge in [-0.2, -0.15) is 9.97 Å². The molecule has 7 rings (SSSR count). The zero-order chi connectivity index (χ0) is 47.6. The molecule has 2 saturated heterocycles. The molecule has 1 atom stereocenters. The summed E-state index contributed by atoms with van der Waals surface area (Å²) in [6.45, 7) is 13.2. The molecule has 2 amide bonds. The lowest BCUT2D eigenvalue weighted by atomic mass is 9.92. The van der Waals surface area contributed by atoms with Gasteiger partial charge in [-0.1, -0.05) is 56.8 Å². The number of nitrogens with zero attached hydrogens (tertiary/aromatic N) is 8. The average molecular weight is 901 g/mol. The van der Waals surface area contributed by atoms with E-state index in [0.717, 1.165) is 97.5 Å². The largest absolute Gasteiger partial charge is 0.385 e. The van der Waals surface area contributed by atoms with Gasteiger partial charge in [0.2, 0.25) is 23.7 Å². The van der Waals surface area contributed by atoms with Crippen LogP contribution in [0.4, 0.5) is 35.2 Å². The molecule has 3 fully saturated rings. The number of piperidine rings is 2. The van der Waals surface area contributed by atoms with E-state index in [1.807, 2.05) is 46.8 Å². The number of nitrogens with one attached hydrogen (secondary N) is 2. The van der Waals surface area contributed by atoms with Crippen LogP contribution in [0.5, 0.6) is 0 Å². The quantitative estimate of drug-likeness (QED) is 0.122. The van der Waals surface area contributed by atoms with E-state index in [0.29, 0.717) is 43.2 Å². The van der Waals surface area contributed by atoms with Gasteiger partial charge in [0.15, 0.2) is 0 Å². The molecule has 352 valence electrons. The van der Waals surface area contributed by atoms with Crippen molar-refractivity contribution >= 4 is 47.0 Å². The number of hydrogen-bond acceptors (Lipinski definition) is 15. The summed E-state index contributed by atoms with van der Waals surface area (Å²) in [5.74, 6) is 15.7. The van der Waals surface area contributed by atoms with Crippen molar-refractivity contribution in [2.24, 2.45) is 11.8 Å². The van der Waals surface area contributed by atoms with E-state index < -0.39 is 0 Å². The van der Waals surface area contributed by atoms with Gasteiger partial charge in [0.25, 0.3) is 0 Å². The monoisotopic (exact) mass is 901 g/mol. The average Bonchev–Trinajstić information content (AvgIpc) is 3.32. The fourth-order valence-corrected chi connectivity index (χ4v) is 8.14. The zero-order valence-corrected chi connectivity index (χ0v) is 39.5. The molecule has 4 aromatic heterocycles. The number of nitrogens with two attached hydrogens (primary N) is 4. The molecule has 1 saturated carbocycles. The van der Waals surface area contributed by atoms with Crippen LogP contribution < -0.4 is 43.4 Å². The van der Waals surface area contributed by atoms with Crippen molar-refractivity contribution in [2.75, 3.05) is 72.6 Å². The van der Waals surface area contributed by atoms with E-state index in [1.165, 1.54) is 19.3 Å². The number of rotatable bonds is 9. The Bertz CT molecular complexity index is 2330. The number of aryl methyl sites for hydroxylation is 2. The Morgan fingerprint density at radius 2 is 1.14 bits per heavy atom.